The minimum absolute atomic E-state index is 0.0438. The average Bonchev–Trinajstić information content (AvgIpc) is 2.62. The molecule has 2 aliphatic rings. The van der Waals surface area contributed by atoms with Crippen LogP contribution < -0.4 is 0 Å². The molecule has 0 bridgehead atoms. The van der Waals surface area contributed by atoms with Gasteiger partial charge in [-0.05, 0) is 25.2 Å². The summed E-state index contributed by atoms with van der Waals surface area (Å²) >= 11 is 0. The molecule has 0 aromatic heterocycles. The zero-order valence-electron chi connectivity index (χ0n) is 8.58. The van der Waals surface area contributed by atoms with E-state index in [2.05, 4.69) is 11.8 Å². The highest BCUT2D eigenvalue weighted by Crippen LogP contribution is 2.27. The minimum Gasteiger partial charge on any atom is -0.393 e. The lowest BCUT2D eigenvalue weighted by Crippen LogP contribution is -2.46. The molecule has 1 aliphatic carbocycles. The van der Waals surface area contributed by atoms with Crippen molar-refractivity contribution in [2.24, 2.45) is 5.92 Å². The van der Waals surface area contributed by atoms with Crippen molar-refractivity contribution in [2.45, 2.75) is 51.2 Å². The summed E-state index contributed by atoms with van der Waals surface area (Å²) in [7, 11) is 0. The Labute approximate surface area is 80.9 Å². The van der Waals surface area contributed by atoms with Gasteiger partial charge in [-0.2, -0.15) is 0 Å². The van der Waals surface area contributed by atoms with Gasteiger partial charge in [0.25, 0.3) is 0 Å². The van der Waals surface area contributed by atoms with E-state index in [9.17, 15) is 5.11 Å². The number of hydrogen-bond donors (Lipinski definition) is 1. The summed E-state index contributed by atoms with van der Waals surface area (Å²) in [5, 5.41) is 9.61. The van der Waals surface area contributed by atoms with Gasteiger partial charge in [0.05, 0.1) is 6.10 Å². The maximum atomic E-state index is 9.61. The van der Waals surface area contributed by atoms with E-state index in [-0.39, 0.29) is 6.10 Å². The quantitative estimate of drug-likeness (QED) is 0.668. The molecule has 1 aliphatic heterocycles. The number of likely N-dealkylation sites (tertiary alicyclic amines) is 1. The molecule has 0 aromatic rings. The first kappa shape index (κ1) is 9.47. The Bertz CT molecular complexity index is 165. The van der Waals surface area contributed by atoms with Gasteiger partial charge in [-0.15, -0.1) is 0 Å². The van der Waals surface area contributed by atoms with Gasteiger partial charge in [0.15, 0.2) is 0 Å². The average molecular weight is 183 g/mol. The van der Waals surface area contributed by atoms with E-state index in [4.69, 9.17) is 0 Å². The SMILES string of the molecule is CC1CN(C2CCCC2)CCC1O. The Morgan fingerprint density at radius 2 is 1.85 bits per heavy atom. The van der Waals surface area contributed by atoms with Gasteiger partial charge in [-0.25, -0.2) is 0 Å². The Kier molecular flexibility index (Phi) is 2.89. The second-order valence-corrected chi connectivity index (χ2v) is 4.77. The normalized spacial score (nSPS) is 38.3. The molecular weight excluding hydrogens is 162 g/mol. The summed E-state index contributed by atoms with van der Waals surface area (Å²) in [6, 6.07) is 0.843. The van der Waals surface area contributed by atoms with E-state index in [0.29, 0.717) is 5.92 Å². The van der Waals surface area contributed by atoms with Crippen LogP contribution in [0.4, 0.5) is 0 Å². The van der Waals surface area contributed by atoms with E-state index < -0.39 is 0 Å². The second-order valence-electron chi connectivity index (χ2n) is 4.77. The fourth-order valence-corrected chi connectivity index (χ4v) is 2.77. The summed E-state index contributed by atoms with van der Waals surface area (Å²) in [5.74, 6) is 0.481. The van der Waals surface area contributed by atoms with Gasteiger partial charge in [0.2, 0.25) is 0 Å². The maximum absolute atomic E-state index is 9.61. The molecule has 0 radical (unpaired) electrons. The van der Waals surface area contributed by atoms with Gasteiger partial charge in [0, 0.05) is 19.1 Å². The minimum atomic E-state index is -0.0438. The van der Waals surface area contributed by atoms with Crippen LogP contribution in [0.5, 0.6) is 0 Å². The van der Waals surface area contributed by atoms with Crippen LogP contribution >= 0.6 is 0 Å². The van der Waals surface area contributed by atoms with Crippen molar-refractivity contribution in [3.05, 3.63) is 0 Å². The standard InChI is InChI=1S/C11H21NO/c1-9-8-12(7-6-11(9)13)10-4-2-3-5-10/h9-11,13H,2-8H2,1H3. The van der Waals surface area contributed by atoms with Gasteiger partial charge in [-0.3, -0.25) is 4.90 Å². The third-order valence-corrected chi connectivity index (χ3v) is 3.73. The largest absolute Gasteiger partial charge is 0.393 e. The molecule has 0 spiro atoms. The van der Waals surface area contributed by atoms with Crippen LogP contribution in [0.25, 0.3) is 0 Å². The van der Waals surface area contributed by atoms with Gasteiger partial charge in [-0.1, -0.05) is 19.8 Å². The van der Waals surface area contributed by atoms with E-state index in [0.717, 1.165) is 25.6 Å². The van der Waals surface area contributed by atoms with Crippen molar-refractivity contribution in [2.75, 3.05) is 13.1 Å². The van der Waals surface area contributed by atoms with Crippen molar-refractivity contribution in [3.8, 4) is 0 Å². The van der Waals surface area contributed by atoms with Crippen LogP contribution in [0.15, 0.2) is 0 Å². The van der Waals surface area contributed by atoms with E-state index in [1.165, 1.54) is 25.7 Å². The van der Waals surface area contributed by atoms with E-state index in [1.807, 2.05) is 0 Å². The molecule has 1 saturated heterocycles. The number of piperidine rings is 1. The van der Waals surface area contributed by atoms with Crippen molar-refractivity contribution < 1.29 is 5.11 Å². The molecule has 2 atom stereocenters. The van der Waals surface area contributed by atoms with Crippen LogP contribution in [0.3, 0.4) is 0 Å². The number of hydrogen-bond acceptors (Lipinski definition) is 2. The maximum Gasteiger partial charge on any atom is 0.0590 e. The zero-order valence-corrected chi connectivity index (χ0v) is 8.58. The van der Waals surface area contributed by atoms with E-state index >= 15 is 0 Å². The van der Waals surface area contributed by atoms with Gasteiger partial charge >= 0.3 is 0 Å². The monoisotopic (exact) mass is 183 g/mol. The highest BCUT2D eigenvalue weighted by atomic mass is 16.3. The molecule has 1 N–H and O–H groups in total. The van der Waals surface area contributed by atoms with Crippen LogP contribution in [0.1, 0.15) is 39.0 Å². The molecule has 2 unspecified atom stereocenters. The number of rotatable bonds is 1. The molecule has 0 amide bonds. The van der Waals surface area contributed by atoms with Crippen molar-refractivity contribution in [1.82, 2.24) is 4.90 Å². The first-order valence-corrected chi connectivity index (χ1v) is 5.69. The predicted octanol–water partition coefficient (Wildman–Crippen LogP) is 1.63. The summed E-state index contributed by atoms with van der Waals surface area (Å²) < 4.78 is 0. The first-order valence-electron chi connectivity index (χ1n) is 5.69. The fraction of sp³-hybridized carbons (Fsp3) is 1.00. The summed E-state index contributed by atoms with van der Waals surface area (Å²) in [5.41, 5.74) is 0. The van der Waals surface area contributed by atoms with Crippen molar-refractivity contribution >= 4 is 0 Å². The highest BCUT2D eigenvalue weighted by Gasteiger charge is 2.29. The highest BCUT2D eigenvalue weighted by molar-refractivity contribution is 4.84. The Hall–Kier alpha value is -0.0800. The third kappa shape index (κ3) is 2.05. The fourth-order valence-electron chi connectivity index (χ4n) is 2.77. The lowest BCUT2D eigenvalue weighted by atomic mass is 9.95. The van der Waals surface area contributed by atoms with Crippen LogP contribution in [0.2, 0.25) is 0 Å². The molecule has 2 heteroatoms. The van der Waals surface area contributed by atoms with E-state index in [1.54, 1.807) is 0 Å². The Morgan fingerprint density at radius 3 is 2.46 bits per heavy atom. The van der Waals surface area contributed by atoms with Crippen LogP contribution in [-0.4, -0.2) is 35.2 Å². The van der Waals surface area contributed by atoms with Crippen molar-refractivity contribution in [3.63, 3.8) is 0 Å². The molecule has 76 valence electrons. The summed E-state index contributed by atoms with van der Waals surface area (Å²) in [6.07, 6.45) is 6.55. The number of nitrogens with zero attached hydrogens (tertiary/aromatic N) is 1. The van der Waals surface area contributed by atoms with Gasteiger partial charge in [0.1, 0.15) is 0 Å². The molecule has 0 aromatic carbocycles. The van der Waals surface area contributed by atoms with Gasteiger partial charge < -0.3 is 5.11 Å². The van der Waals surface area contributed by atoms with Crippen molar-refractivity contribution in [1.29, 1.82) is 0 Å². The predicted molar refractivity (Wildman–Crippen MR) is 53.6 cm³/mol. The Morgan fingerprint density at radius 1 is 1.15 bits per heavy atom. The second kappa shape index (κ2) is 3.97. The zero-order chi connectivity index (χ0) is 9.26. The lowest BCUT2D eigenvalue weighted by Gasteiger charge is -2.38. The smallest absolute Gasteiger partial charge is 0.0590 e. The molecular formula is C11H21NO. The molecule has 1 saturated carbocycles. The molecule has 13 heavy (non-hydrogen) atoms. The summed E-state index contributed by atoms with van der Waals surface area (Å²) in [4.78, 5) is 2.60. The molecule has 2 nitrogen and oxygen atoms in total. The number of aliphatic hydroxyl groups is 1. The first-order chi connectivity index (χ1) is 6.27. The molecule has 1 heterocycles. The van der Waals surface area contributed by atoms with Crippen LogP contribution in [0, 0.1) is 5.92 Å². The Balaban J connectivity index is 1.87. The topological polar surface area (TPSA) is 23.5 Å². The number of aliphatic hydroxyl groups excluding tert-OH is 1. The van der Waals surface area contributed by atoms with Crippen LogP contribution in [-0.2, 0) is 0 Å². The molecule has 2 fully saturated rings. The lowest BCUT2D eigenvalue weighted by molar-refractivity contribution is 0.0183. The third-order valence-electron chi connectivity index (χ3n) is 3.73. The molecule has 2 rings (SSSR count). The summed E-state index contributed by atoms with van der Waals surface area (Å²) in [6.45, 7) is 4.41.